The number of aromatic nitrogens is 3. The summed E-state index contributed by atoms with van der Waals surface area (Å²) in [5.41, 5.74) is 6.65. The van der Waals surface area contributed by atoms with Gasteiger partial charge in [-0.3, -0.25) is 9.88 Å². The second-order valence-electron chi connectivity index (χ2n) is 10.8. The fourth-order valence-corrected chi connectivity index (χ4v) is 7.58. The van der Waals surface area contributed by atoms with Crippen molar-refractivity contribution in [1.82, 2.24) is 19.9 Å². The van der Waals surface area contributed by atoms with E-state index in [0.29, 0.717) is 29.5 Å². The molecule has 0 saturated carbocycles. The van der Waals surface area contributed by atoms with Crippen LogP contribution >= 0.6 is 11.3 Å². The van der Waals surface area contributed by atoms with Gasteiger partial charge in [-0.15, -0.1) is 11.3 Å². The van der Waals surface area contributed by atoms with Crippen molar-refractivity contribution in [2.75, 3.05) is 43.9 Å². The minimum absolute atomic E-state index is 0.0179. The number of fused-ring (bicyclic) bond motifs is 5. The molecule has 1 aromatic carbocycles. The number of hydrogen-bond acceptors (Lipinski definition) is 11. The number of hydrogen-bond donors (Lipinski definition) is 3. The predicted octanol–water partition coefficient (Wildman–Crippen LogP) is 4.03. The normalized spacial score (nSPS) is 21.6. The predicted molar refractivity (Wildman–Crippen MR) is 150 cm³/mol. The lowest BCUT2D eigenvalue weighted by Gasteiger charge is -2.30. The number of nitrogens with two attached hydrogens (primary N) is 1. The first-order valence-corrected chi connectivity index (χ1v) is 14.4. The van der Waals surface area contributed by atoms with E-state index in [1.807, 2.05) is 6.07 Å². The van der Waals surface area contributed by atoms with Gasteiger partial charge in [0.15, 0.2) is 11.6 Å². The molecule has 0 spiro atoms. The number of aliphatic hydroxyl groups excluding tert-OH is 1. The Kier molecular flexibility index (Phi) is 6.58. The second-order valence-corrected chi connectivity index (χ2v) is 11.9. The van der Waals surface area contributed by atoms with Crippen molar-refractivity contribution in [2.24, 2.45) is 0 Å². The average molecular weight is 598 g/mol. The van der Waals surface area contributed by atoms with Crippen LogP contribution in [0.5, 0.6) is 6.01 Å². The Balaban J connectivity index is 1.42. The fraction of sp³-hybridized carbons (Fsp3) is 0.429. The number of nitrogens with one attached hydrogen (secondary N) is 1. The Bertz CT molecular complexity index is 1800. The number of aliphatic hydroxyl groups is 1. The number of halogens is 3. The van der Waals surface area contributed by atoms with Gasteiger partial charge in [0.1, 0.15) is 35.2 Å². The first kappa shape index (κ1) is 27.1. The lowest BCUT2D eigenvalue weighted by molar-refractivity contribution is 0.107. The van der Waals surface area contributed by atoms with Crippen LogP contribution in [0.2, 0.25) is 0 Å². The molecule has 0 aliphatic carbocycles. The Labute approximate surface area is 241 Å². The number of nitrogen functional groups attached to an aromatic ring is 1. The third-order valence-electron chi connectivity index (χ3n) is 8.46. The van der Waals surface area contributed by atoms with Crippen LogP contribution in [0.1, 0.15) is 36.0 Å². The topological polar surface area (TPSA) is 142 Å². The van der Waals surface area contributed by atoms with Gasteiger partial charge >= 0.3 is 6.01 Å². The number of pyridine rings is 1. The molecule has 6 heterocycles. The van der Waals surface area contributed by atoms with E-state index >= 15 is 4.39 Å². The van der Waals surface area contributed by atoms with Crippen molar-refractivity contribution >= 4 is 43.1 Å². The molecule has 3 aliphatic heterocycles. The number of benzene rings is 1. The van der Waals surface area contributed by atoms with Crippen LogP contribution < -0.4 is 15.8 Å². The van der Waals surface area contributed by atoms with Crippen LogP contribution in [0, 0.1) is 23.0 Å². The highest BCUT2D eigenvalue weighted by Gasteiger charge is 2.49. The summed E-state index contributed by atoms with van der Waals surface area (Å²) in [6.07, 6.45) is 2.09. The zero-order valence-corrected chi connectivity index (χ0v) is 23.2. The van der Waals surface area contributed by atoms with Crippen LogP contribution in [0.15, 0.2) is 6.20 Å². The molecule has 14 heteroatoms. The highest BCUT2D eigenvalue weighted by Crippen LogP contribution is 2.46. The van der Waals surface area contributed by atoms with E-state index in [4.69, 9.17) is 15.2 Å². The van der Waals surface area contributed by atoms with Gasteiger partial charge in [-0.2, -0.15) is 15.2 Å². The molecule has 2 saturated heterocycles. The molecule has 0 amide bonds. The smallest absolute Gasteiger partial charge is 0.319 e. The maximum absolute atomic E-state index is 16.8. The molecule has 4 N–H and O–H groups in total. The van der Waals surface area contributed by atoms with E-state index in [1.165, 1.54) is 0 Å². The molecular weight excluding hydrogens is 571 g/mol. The van der Waals surface area contributed by atoms with Crippen molar-refractivity contribution in [2.45, 2.75) is 44.2 Å². The van der Waals surface area contributed by atoms with E-state index in [1.54, 1.807) is 0 Å². The summed E-state index contributed by atoms with van der Waals surface area (Å²) in [4.78, 5) is 15.3. The standard InChI is InChI=1S/C28H26F3N7O3S/c29-13-6-28(2-1-4-38(28)9-13)12-41-27-36-23-20(26(37-27)34-3-5-39)16-11-40-10-15(16)18(21(23)31)22-19-14(7-32)25(33)42-24(19)17(30)8-35-22/h8,13,39H,1-6,9-12,33H2,(H,34,36,37)/t13-,28+/m1/s1. The Morgan fingerprint density at radius 3 is 2.93 bits per heavy atom. The largest absolute Gasteiger partial charge is 0.461 e. The minimum atomic E-state index is -0.944. The van der Waals surface area contributed by atoms with Crippen molar-refractivity contribution in [3.63, 3.8) is 0 Å². The molecule has 4 aromatic rings. The summed E-state index contributed by atoms with van der Waals surface area (Å²) < 4.78 is 57.8. The number of thiophene rings is 1. The van der Waals surface area contributed by atoms with Crippen LogP contribution in [0.25, 0.3) is 32.2 Å². The monoisotopic (exact) mass is 597 g/mol. The molecule has 0 radical (unpaired) electrons. The number of ether oxygens (including phenoxy) is 2. The summed E-state index contributed by atoms with van der Waals surface area (Å²) in [6.45, 7) is 1.37. The summed E-state index contributed by atoms with van der Waals surface area (Å²) in [5.74, 6) is -1.19. The van der Waals surface area contributed by atoms with Crippen molar-refractivity contribution in [1.29, 1.82) is 5.26 Å². The Morgan fingerprint density at radius 1 is 1.29 bits per heavy atom. The van der Waals surface area contributed by atoms with E-state index in [9.17, 15) is 19.1 Å². The van der Waals surface area contributed by atoms with Gasteiger partial charge in [0.05, 0.1) is 52.9 Å². The molecule has 42 heavy (non-hydrogen) atoms. The van der Waals surface area contributed by atoms with Gasteiger partial charge in [0.2, 0.25) is 0 Å². The van der Waals surface area contributed by atoms with Crippen LogP contribution in [0.4, 0.5) is 24.0 Å². The Hall–Kier alpha value is -3.77. The SMILES string of the molecule is N#Cc1c(N)sc2c(F)cnc(-c3c4c(c5c(NCCO)nc(OC[C@@]67CCCN6C[C@H](F)C7)nc5c3F)COC4)c12. The zero-order valence-electron chi connectivity index (χ0n) is 22.3. The minimum Gasteiger partial charge on any atom is -0.461 e. The molecule has 10 nitrogen and oxygen atoms in total. The number of nitriles is 1. The number of rotatable bonds is 7. The molecule has 3 aromatic heterocycles. The molecule has 0 unspecified atom stereocenters. The molecule has 2 fully saturated rings. The molecule has 218 valence electrons. The molecular formula is C28H26F3N7O3S. The molecule has 2 atom stereocenters. The molecule has 0 bridgehead atoms. The summed E-state index contributed by atoms with van der Waals surface area (Å²) >= 11 is 0.898. The molecule has 7 rings (SSSR count). The third-order valence-corrected chi connectivity index (χ3v) is 9.48. The quantitative estimate of drug-likeness (QED) is 0.286. The maximum atomic E-state index is 16.8. The Morgan fingerprint density at radius 2 is 2.12 bits per heavy atom. The van der Waals surface area contributed by atoms with E-state index in [0.717, 1.165) is 36.9 Å². The van der Waals surface area contributed by atoms with Gasteiger partial charge in [-0.1, -0.05) is 0 Å². The van der Waals surface area contributed by atoms with Crippen LogP contribution in [-0.4, -0.2) is 69.5 Å². The van der Waals surface area contributed by atoms with E-state index < -0.39 is 23.3 Å². The van der Waals surface area contributed by atoms with Crippen molar-refractivity contribution in [3.05, 3.63) is 34.5 Å². The van der Waals surface area contributed by atoms with Gasteiger partial charge in [0, 0.05) is 30.5 Å². The number of nitrogens with zero attached hydrogens (tertiary/aromatic N) is 5. The lowest BCUT2D eigenvalue weighted by atomic mass is 9.93. The van der Waals surface area contributed by atoms with Gasteiger partial charge in [-0.25, -0.2) is 13.2 Å². The van der Waals surface area contributed by atoms with Crippen molar-refractivity contribution in [3.8, 4) is 23.3 Å². The highest BCUT2D eigenvalue weighted by molar-refractivity contribution is 7.23. The van der Waals surface area contributed by atoms with Gasteiger partial charge < -0.3 is 25.6 Å². The van der Waals surface area contributed by atoms with Gasteiger partial charge in [-0.05, 0) is 30.5 Å². The maximum Gasteiger partial charge on any atom is 0.319 e. The van der Waals surface area contributed by atoms with Crippen LogP contribution in [0.3, 0.4) is 0 Å². The van der Waals surface area contributed by atoms with E-state index in [2.05, 4.69) is 25.2 Å². The lowest BCUT2D eigenvalue weighted by Crippen LogP contribution is -2.43. The first-order valence-electron chi connectivity index (χ1n) is 13.6. The number of alkyl halides is 1. The fourth-order valence-electron chi connectivity index (χ4n) is 6.66. The number of anilines is 2. The van der Waals surface area contributed by atoms with Crippen LogP contribution in [-0.2, 0) is 18.0 Å². The highest BCUT2D eigenvalue weighted by atomic mass is 32.1. The first-order chi connectivity index (χ1) is 20.3. The van der Waals surface area contributed by atoms with Gasteiger partial charge in [0.25, 0.3) is 0 Å². The molecule has 3 aliphatic rings. The summed E-state index contributed by atoms with van der Waals surface area (Å²) in [6, 6.07) is 1.89. The zero-order chi connectivity index (χ0) is 29.2. The summed E-state index contributed by atoms with van der Waals surface area (Å²) in [5, 5.41) is 22.9. The third kappa shape index (κ3) is 4.06. The van der Waals surface area contributed by atoms with E-state index in [-0.39, 0.29) is 82.2 Å². The second kappa shape index (κ2) is 10.2. The van der Waals surface area contributed by atoms with Crippen molar-refractivity contribution < 1.29 is 27.8 Å². The average Bonchev–Trinajstić information content (AvgIpc) is 3.74. The summed E-state index contributed by atoms with van der Waals surface area (Å²) in [7, 11) is 0.